The summed E-state index contributed by atoms with van der Waals surface area (Å²) in [7, 11) is 0. The molecule has 0 saturated carbocycles. The highest BCUT2D eigenvalue weighted by atomic mass is 32.1. The maximum Gasteiger partial charge on any atom is 0.261 e. The molecule has 1 amide bonds. The number of amides is 1. The number of fused-ring (bicyclic) bond motifs is 1. The number of aryl methyl sites for hydroxylation is 2. The molecule has 7 nitrogen and oxygen atoms in total. The summed E-state index contributed by atoms with van der Waals surface area (Å²) in [6, 6.07) is 5.57. The van der Waals surface area contributed by atoms with E-state index in [0.29, 0.717) is 35.8 Å². The van der Waals surface area contributed by atoms with Crippen molar-refractivity contribution < 1.29 is 4.79 Å². The number of nitrogens with zero attached hydrogens (tertiary/aromatic N) is 4. The third kappa shape index (κ3) is 4.77. The van der Waals surface area contributed by atoms with Gasteiger partial charge < -0.3 is 5.32 Å². The molecule has 0 saturated heterocycles. The van der Waals surface area contributed by atoms with Crippen molar-refractivity contribution in [3.8, 4) is 0 Å². The van der Waals surface area contributed by atoms with Crippen LogP contribution in [0.2, 0.25) is 0 Å². The van der Waals surface area contributed by atoms with E-state index in [9.17, 15) is 9.59 Å². The summed E-state index contributed by atoms with van der Waals surface area (Å²) in [5.41, 5.74) is 1.63. The molecule has 0 aliphatic rings. The van der Waals surface area contributed by atoms with Crippen molar-refractivity contribution in [3.05, 3.63) is 45.5 Å². The smallest absolute Gasteiger partial charge is 0.261 e. The third-order valence-electron chi connectivity index (χ3n) is 4.15. The average molecular weight is 385 g/mol. The van der Waals surface area contributed by atoms with Crippen LogP contribution in [0.1, 0.15) is 37.3 Å². The summed E-state index contributed by atoms with van der Waals surface area (Å²) in [6.45, 7) is 6.61. The van der Waals surface area contributed by atoms with Crippen molar-refractivity contribution in [1.82, 2.24) is 19.7 Å². The first-order chi connectivity index (χ1) is 12.9. The van der Waals surface area contributed by atoms with E-state index in [1.54, 1.807) is 17.0 Å². The van der Waals surface area contributed by atoms with Crippen LogP contribution < -0.4 is 10.9 Å². The molecule has 0 atom stereocenters. The van der Waals surface area contributed by atoms with Crippen molar-refractivity contribution in [3.63, 3.8) is 0 Å². The molecule has 2 heterocycles. The van der Waals surface area contributed by atoms with Crippen molar-refractivity contribution in [2.24, 2.45) is 5.92 Å². The lowest BCUT2D eigenvalue weighted by Crippen LogP contribution is -2.22. The molecule has 0 fully saturated rings. The topological polar surface area (TPSA) is 89.8 Å². The molecule has 0 aliphatic carbocycles. The maximum absolute atomic E-state index is 12.5. The first kappa shape index (κ1) is 19.2. The molecule has 1 N–H and O–H groups in total. The van der Waals surface area contributed by atoms with Crippen LogP contribution in [0.25, 0.3) is 10.9 Å². The van der Waals surface area contributed by atoms with Gasteiger partial charge in [-0.3, -0.25) is 14.2 Å². The summed E-state index contributed by atoms with van der Waals surface area (Å²) in [6.07, 6.45) is 3.25. The summed E-state index contributed by atoms with van der Waals surface area (Å²) in [5, 5.41) is 12.9. The molecule has 0 radical (unpaired) electrons. The molecule has 0 aliphatic heterocycles. The van der Waals surface area contributed by atoms with Crippen LogP contribution in [-0.2, 0) is 17.8 Å². The summed E-state index contributed by atoms with van der Waals surface area (Å²) < 4.78 is 1.56. The standard InChI is InChI=1S/C19H23N5O2S/c1-12(2)10-16-22-23-19(27-16)21-15(25)8-5-9-24-11-20-17-13(3)6-4-7-14(17)18(24)26/h4,6-7,11-12H,5,8-10H2,1-3H3,(H,21,23,25). The van der Waals surface area contributed by atoms with E-state index in [2.05, 4.69) is 34.3 Å². The van der Waals surface area contributed by atoms with Crippen LogP contribution >= 0.6 is 11.3 Å². The molecule has 3 rings (SSSR count). The van der Waals surface area contributed by atoms with Gasteiger partial charge in [-0.1, -0.05) is 37.3 Å². The monoisotopic (exact) mass is 385 g/mol. The van der Waals surface area contributed by atoms with Gasteiger partial charge in [-0.25, -0.2) is 4.98 Å². The third-order valence-corrected chi connectivity index (χ3v) is 5.02. The highest BCUT2D eigenvalue weighted by Crippen LogP contribution is 2.18. The van der Waals surface area contributed by atoms with E-state index in [1.165, 1.54) is 11.3 Å². The van der Waals surface area contributed by atoms with E-state index in [1.807, 2.05) is 19.1 Å². The first-order valence-electron chi connectivity index (χ1n) is 9.01. The van der Waals surface area contributed by atoms with Crippen LogP contribution in [-0.4, -0.2) is 25.7 Å². The fourth-order valence-electron chi connectivity index (χ4n) is 2.82. The number of benzene rings is 1. The molecule has 3 aromatic rings. The molecule has 0 spiro atoms. The highest BCUT2D eigenvalue weighted by molar-refractivity contribution is 7.15. The average Bonchev–Trinajstić information content (AvgIpc) is 3.03. The van der Waals surface area contributed by atoms with Gasteiger partial charge in [0.1, 0.15) is 5.01 Å². The Morgan fingerprint density at radius 2 is 2.11 bits per heavy atom. The zero-order chi connectivity index (χ0) is 19.4. The van der Waals surface area contributed by atoms with Crippen molar-refractivity contribution in [2.75, 3.05) is 5.32 Å². The Morgan fingerprint density at radius 3 is 2.89 bits per heavy atom. The maximum atomic E-state index is 12.5. The van der Waals surface area contributed by atoms with E-state index in [0.717, 1.165) is 22.5 Å². The van der Waals surface area contributed by atoms with Gasteiger partial charge in [-0.2, -0.15) is 0 Å². The van der Waals surface area contributed by atoms with Crippen LogP contribution in [0.15, 0.2) is 29.3 Å². The molecular formula is C19H23N5O2S. The predicted octanol–water partition coefficient (Wildman–Crippen LogP) is 3.17. The van der Waals surface area contributed by atoms with Crippen molar-refractivity contribution in [2.45, 2.75) is 46.6 Å². The Balaban J connectivity index is 1.56. The second-order valence-electron chi connectivity index (χ2n) is 6.96. The first-order valence-corrected chi connectivity index (χ1v) is 9.82. The van der Waals surface area contributed by atoms with Crippen LogP contribution in [0.4, 0.5) is 5.13 Å². The minimum Gasteiger partial charge on any atom is -0.301 e. The van der Waals surface area contributed by atoms with Gasteiger partial charge in [-0.15, -0.1) is 10.2 Å². The lowest BCUT2D eigenvalue weighted by atomic mass is 10.1. The number of para-hydroxylation sites is 1. The second-order valence-corrected chi connectivity index (χ2v) is 8.03. The largest absolute Gasteiger partial charge is 0.301 e. The fourth-order valence-corrected chi connectivity index (χ4v) is 3.79. The fraction of sp³-hybridized carbons (Fsp3) is 0.421. The molecule has 0 unspecified atom stereocenters. The minimum atomic E-state index is -0.125. The molecule has 0 bridgehead atoms. The van der Waals surface area contributed by atoms with E-state index in [-0.39, 0.29) is 11.5 Å². The van der Waals surface area contributed by atoms with Gasteiger partial charge in [0.05, 0.1) is 17.2 Å². The Labute approximate surface area is 161 Å². The zero-order valence-corrected chi connectivity index (χ0v) is 16.5. The Morgan fingerprint density at radius 1 is 1.30 bits per heavy atom. The number of hydrogen-bond donors (Lipinski definition) is 1. The number of aromatic nitrogens is 4. The lowest BCUT2D eigenvalue weighted by molar-refractivity contribution is -0.116. The van der Waals surface area contributed by atoms with Gasteiger partial charge in [-0.05, 0) is 30.9 Å². The van der Waals surface area contributed by atoms with E-state index >= 15 is 0 Å². The normalized spacial score (nSPS) is 11.3. The minimum absolute atomic E-state index is 0.0773. The Hall–Kier alpha value is -2.61. The van der Waals surface area contributed by atoms with E-state index in [4.69, 9.17) is 0 Å². The van der Waals surface area contributed by atoms with Crippen LogP contribution in [0.3, 0.4) is 0 Å². The quantitative estimate of drug-likeness (QED) is 0.675. The number of carbonyl (C=O) groups excluding carboxylic acids is 1. The lowest BCUT2D eigenvalue weighted by Gasteiger charge is -2.07. The molecule has 27 heavy (non-hydrogen) atoms. The summed E-state index contributed by atoms with van der Waals surface area (Å²) in [4.78, 5) is 29.0. The molecule has 8 heteroatoms. The number of carbonyl (C=O) groups is 1. The van der Waals surface area contributed by atoms with Gasteiger partial charge in [0.25, 0.3) is 5.56 Å². The van der Waals surface area contributed by atoms with Gasteiger partial charge >= 0.3 is 0 Å². The SMILES string of the molecule is Cc1cccc2c(=O)n(CCCC(=O)Nc3nnc(CC(C)C)s3)cnc12. The summed E-state index contributed by atoms with van der Waals surface area (Å²) >= 11 is 1.41. The van der Waals surface area contributed by atoms with Crippen LogP contribution in [0, 0.1) is 12.8 Å². The molecular weight excluding hydrogens is 362 g/mol. The Bertz CT molecular complexity index is 1010. The Kier molecular flexibility index (Phi) is 5.95. The zero-order valence-electron chi connectivity index (χ0n) is 15.7. The van der Waals surface area contributed by atoms with Crippen molar-refractivity contribution in [1.29, 1.82) is 0 Å². The van der Waals surface area contributed by atoms with Gasteiger partial charge in [0, 0.05) is 19.4 Å². The molecule has 2 aromatic heterocycles. The second kappa shape index (κ2) is 8.39. The molecule has 142 valence electrons. The number of nitrogens with one attached hydrogen (secondary N) is 1. The number of hydrogen-bond acceptors (Lipinski definition) is 6. The summed E-state index contributed by atoms with van der Waals surface area (Å²) in [5.74, 6) is 0.374. The predicted molar refractivity (Wildman–Crippen MR) is 107 cm³/mol. The van der Waals surface area contributed by atoms with Gasteiger partial charge in [0.15, 0.2) is 0 Å². The van der Waals surface area contributed by atoms with Crippen LogP contribution in [0.5, 0.6) is 0 Å². The highest BCUT2D eigenvalue weighted by Gasteiger charge is 2.10. The van der Waals surface area contributed by atoms with Gasteiger partial charge in [0.2, 0.25) is 11.0 Å². The number of rotatable bonds is 7. The molecule has 1 aromatic carbocycles. The number of anilines is 1. The van der Waals surface area contributed by atoms with Crippen molar-refractivity contribution >= 4 is 33.3 Å². The van der Waals surface area contributed by atoms with E-state index < -0.39 is 0 Å².